The van der Waals surface area contributed by atoms with Gasteiger partial charge in [-0.2, -0.15) is 0 Å². The molecule has 0 N–H and O–H groups in total. The molecule has 0 saturated carbocycles. The summed E-state index contributed by atoms with van der Waals surface area (Å²) in [5, 5.41) is 0. The molecule has 1 aliphatic heterocycles. The summed E-state index contributed by atoms with van der Waals surface area (Å²) in [6.45, 7) is 7.31. The Balaban J connectivity index is 2.49. The first-order valence-corrected chi connectivity index (χ1v) is 5.73. The fourth-order valence-electron chi connectivity index (χ4n) is 2.21. The Morgan fingerprint density at radius 2 is 2.14 bits per heavy atom. The van der Waals surface area contributed by atoms with Crippen LogP contribution in [-0.2, 0) is 9.53 Å². The molecule has 0 aromatic heterocycles. The van der Waals surface area contributed by atoms with E-state index < -0.39 is 0 Å². The third-order valence-electron chi connectivity index (χ3n) is 3.09. The van der Waals surface area contributed by atoms with E-state index in [1.54, 1.807) is 0 Å². The monoisotopic (exact) mass is 198 g/mol. The molecule has 0 radical (unpaired) electrons. The quantitative estimate of drug-likeness (QED) is 0.634. The Morgan fingerprint density at radius 1 is 1.43 bits per heavy atom. The van der Waals surface area contributed by atoms with E-state index in [1.165, 1.54) is 6.42 Å². The van der Waals surface area contributed by atoms with Gasteiger partial charge in [0.15, 0.2) is 0 Å². The molecule has 1 saturated heterocycles. The van der Waals surface area contributed by atoms with Gasteiger partial charge in [0.25, 0.3) is 0 Å². The summed E-state index contributed by atoms with van der Waals surface area (Å²) in [5.74, 6) is 0.724. The maximum Gasteiger partial charge on any atom is 0.306 e. The van der Waals surface area contributed by atoms with Crippen LogP contribution in [0.1, 0.15) is 52.9 Å². The fraction of sp³-hybridized carbons (Fsp3) is 0.917. The SMILES string of the molecule is CCCC1(CCC(C)C)COC(=O)C1. The molecule has 0 aromatic carbocycles. The van der Waals surface area contributed by atoms with Crippen molar-refractivity contribution in [2.45, 2.75) is 52.9 Å². The minimum absolute atomic E-state index is 0.00204. The van der Waals surface area contributed by atoms with E-state index in [2.05, 4.69) is 20.8 Å². The Bertz CT molecular complexity index is 198. The van der Waals surface area contributed by atoms with Crippen molar-refractivity contribution in [1.29, 1.82) is 0 Å². The first-order chi connectivity index (χ1) is 6.58. The van der Waals surface area contributed by atoms with Gasteiger partial charge in [-0.1, -0.05) is 33.6 Å². The standard InChI is InChI=1S/C12H22O2/c1-4-6-12(7-5-10(2)3)8-11(13)14-9-12/h10H,4-9H2,1-3H3. The summed E-state index contributed by atoms with van der Waals surface area (Å²) < 4.78 is 5.11. The van der Waals surface area contributed by atoms with Crippen molar-refractivity contribution in [2.75, 3.05) is 6.61 Å². The van der Waals surface area contributed by atoms with E-state index in [0.717, 1.165) is 25.2 Å². The Kier molecular flexibility index (Phi) is 3.97. The molecule has 14 heavy (non-hydrogen) atoms. The maximum atomic E-state index is 11.2. The zero-order valence-corrected chi connectivity index (χ0v) is 9.64. The van der Waals surface area contributed by atoms with Gasteiger partial charge in [0, 0.05) is 5.41 Å². The van der Waals surface area contributed by atoms with Crippen molar-refractivity contribution in [1.82, 2.24) is 0 Å². The average molecular weight is 198 g/mol. The number of hydrogen-bond donors (Lipinski definition) is 0. The number of hydrogen-bond acceptors (Lipinski definition) is 2. The van der Waals surface area contributed by atoms with Gasteiger partial charge in [-0.15, -0.1) is 0 Å². The Morgan fingerprint density at radius 3 is 2.57 bits per heavy atom. The highest BCUT2D eigenvalue weighted by Gasteiger charge is 2.39. The van der Waals surface area contributed by atoms with Gasteiger partial charge in [-0.05, 0) is 18.8 Å². The molecule has 1 atom stereocenters. The summed E-state index contributed by atoms with van der Waals surface area (Å²) in [6, 6.07) is 0. The van der Waals surface area contributed by atoms with E-state index in [9.17, 15) is 4.79 Å². The first-order valence-electron chi connectivity index (χ1n) is 5.73. The van der Waals surface area contributed by atoms with E-state index in [1.807, 2.05) is 0 Å². The average Bonchev–Trinajstić information content (AvgIpc) is 2.46. The third kappa shape index (κ3) is 3.00. The lowest BCUT2D eigenvalue weighted by Crippen LogP contribution is -2.21. The van der Waals surface area contributed by atoms with Crippen LogP contribution in [0.3, 0.4) is 0 Å². The molecular formula is C12H22O2. The zero-order chi connectivity index (χ0) is 10.6. The molecule has 0 aromatic rings. The molecule has 0 aliphatic carbocycles. The van der Waals surface area contributed by atoms with Gasteiger partial charge in [0.1, 0.15) is 0 Å². The van der Waals surface area contributed by atoms with E-state index in [4.69, 9.17) is 4.74 Å². The number of ether oxygens (including phenoxy) is 1. The largest absolute Gasteiger partial charge is 0.465 e. The molecule has 82 valence electrons. The van der Waals surface area contributed by atoms with Crippen LogP contribution in [0.5, 0.6) is 0 Å². The van der Waals surface area contributed by atoms with E-state index in [0.29, 0.717) is 13.0 Å². The topological polar surface area (TPSA) is 26.3 Å². The number of esters is 1. The molecule has 1 fully saturated rings. The Hall–Kier alpha value is -0.530. The predicted molar refractivity (Wildman–Crippen MR) is 57.0 cm³/mol. The Labute approximate surface area is 87.0 Å². The fourth-order valence-corrected chi connectivity index (χ4v) is 2.21. The van der Waals surface area contributed by atoms with Crippen LogP contribution in [0.15, 0.2) is 0 Å². The van der Waals surface area contributed by atoms with Gasteiger partial charge in [-0.25, -0.2) is 0 Å². The lowest BCUT2D eigenvalue weighted by atomic mass is 9.77. The van der Waals surface area contributed by atoms with Crippen LogP contribution in [-0.4, -0.2) is 12.6 Å². The van der Waals surface area contributed by atoms with Crippen molar-refractivity contribution in [3.05, 3.63) is 0 Å². The van der Waals surface area contributed by atoms with Gasteiger partial charge in [-0.3, -0.25) is 4.79 Å². The summed E-state index contributed by atoms with van der Waals surface area (Å²) in [4.78, 5) is 11.2. The summed E-state index contributed by atoms with van der Waals surface area (Å²) in [7, 11) is 0. The second-order valence-corrected chi connectivity index (χ2v) is 5.02. The summed E-state index contributed by atoms with van der Waals surface area (Å²) in [6.07, 6.45) is 5.27. The molecule has 1 rings (SSSR count). The van der Waals surface area contributed by atoms with E-state index >= 15 is 0 Å². The van der Waals surface area contributed by atoms with E-state index in [-0.39, 0.29) is 11.4 Å². The van der Waals surface area contributed by atoms with Crippen molar-refractivity contribution in [2.24, 2.45) is 11.3 Å². The molecule has 1 heterocycles. The number of rotatable bonds is 5. The second-order valence-electron chi connectivity index (χ2n) is 5.02. The highest BCUT2D eigenvalue weighted by Crippen LogP contribution is 2.39. The first kappa shape index (κ1) is 11.5. The smallest absolute Gasteiger partial charge is 0.306 e. The van der Waals surface area contributed by atoms with Crippen LogP contribution in [0.25, 0.3) is 0 Å². The number of carbonyl (C=O) groups excluding carboxylic acids is 1. The van der Waals surface area contributed by atoms with Gasteiger partial charge in [0.05, 0.1) is 13.0 Å². The van der Waals surface area contributed by atoms with Gasteiger partial charge < -0.3 is 4.74 Å². The molecule has 0 bridgehead atoms. The van der Waals surface area contributed by atoms with Crippen LogP contribution in [0.4, 0.5) is 0 Å². The normalized spacial score (nSPS) is 27.0. The minimum atomic E-state index is 0.00204. The van der Waals surface area contributed by atoms with Crippen molar-refractivity contribution < 1.29 is 9.53 Å². The maximum absolute atomic E-state index is 11.2. The summed E-state index contributed by atoms with van der Waals surface area (Å²) >= 11 is 0. The van der Waals surface area contributed by atoms with Gasteiger partial charge >= 0.3 is 5.97 Å². The lowest BCUT2D eigenvalue weighted by Gasteiger charge is -2.26. The molecule has 0 spiro atoms. The van der Waals surface area contributed by atoms with Crippen molar-refractivity contribution >= 4 is 5.97 Å². The molecular weight excluding hydrogens is 176 g/mol. The highest BCUT2D eigenvalue weighted by atomic mass is 16.5. The third-order valence-corrected chi connectivity index (χ3v) is 3.09. The molecule has 1 unspecified atom stereocenters. The van der Waals surface area contributed by atoms with Crippen LogP contribution < -0.4 is 0 Å². The molecule has 1 aliphatic rings. The van der Waals surface area contributed by atoms with Crippen LogP contribution in [0, 0.1) is 11.3 Å². The molecule has 0 amide bonds. The minimum Gasteiger partial charge on any atom is -0.465 e. The molecule has 2 heteroatoms. The zero-order valence-electron chi connectivity index (χ0n) is 9.64. The highest BCUT2D eigenvalue weighted by molar-refractivity contribution is 5.72. The van der Waals surface area contributed by atoms with Crippen LogP contribution >= 0.6 is 0 Å². The van der Waals surface area contributed by atoms with Crippen LogP contribution in [0.2, 0.25) is 0 Å². The molecule has 2 nitrogen and oxygen atoms in total. The lowest BCUT2D eigenvalue weighted by molar-refractivity contribution is -0.137. The predicted octanol–water partition coefficient (Wildman–Crippen LogP) is 3.16. The van der Waals surface area contributed by atoms with Gasteiger partial charge in [0.2, 0.25) is 0 Å². The number of carbonyl (C=O) groups is 1. The number of cyclic esters (lactones) is 1. The van der Waals surface area contributed by atoms with Crippen molar-refractivity contribution in [3.8, 4) is 0 Å². The second kappa shape index (κ2) is 4.81. The van der Waals surface area contributed by atoms with Crippen molar-refractivity contribution in [3.63, 3.8) is 0 Å². The summed E-state index contributed by atoms with van der Waals surface area (Å²) in [5.41, 5.74) is 0.177.